The van der Waals surface area contributed by atoms with Crippen LogP contribution in [0.25, 0.3) is 0 Å². The molecule has 2 aliphatic rings. The van der Waals surface area contributed by atoms with Crippen molar-refractivity contribution >= 4 is 41.7 Å². The maximum Gasteiger partial charge on any atom is 0.410 e. The minimum absolute atomic E-state index is 0. The van der Waals surface area contributed by atoms with Gasteiger partial charge in [-0.2, -0.15) is 0 Å². The number of aliphatic imine (C=N–C) groups is 1. The van der Waals surface area contributed by atoms with Gasteiger partial charge in [-0.1, -0.05) is 6.07 Å². The lowest BCUT2D eigenvalue weighted by Crippen LogP contribution is -2.50. The molecular formula is C21H33FIN5O2. The predicted octanol–water partition coefficient (Wildman–Crippen LogP) is 3.41. The van der Waals surface area contributed by atoms with Gasteiger partial charge in [-0.15, -0.1) is 24.0 Å². The van der Waals surface area contributed by atoms with Crippen LogP contribution in [0.4, 0.5) is 14.9 Å². The van der Waals surface area contributed by atoms with Crippen LogP contribution in [0.3, 0.4) is 0 Å². The molecule has 3 rings (SSSR count). The van der Waals surface area contributed by atoms with E-state index in [1.807, 2.05) is 43.7 Å². The van der Waals surface area contributed by atoms with Crippen LogP contribution in [-0.2, 0) is 11.3 Å². The number of benzene rings is 1. The number of hydrogen-bond acceptors (Lipinski definition) is 4. The Hall–Kier alpha value is -1.78. The molecule has 168 valence electrons. The van der Waals surface area contributed by atoms with Crippen LogP contribution < -0.4 is 10.6 Å². The molecule has 0 radical (unpaired) electrons. The maximum atomic E-state index is 14.7. The first kappa shape index (κ1) is 24.5. The lowest BCUT2D eigenvalue weighted by atomic mass is 10.1. The second-order valence-electron chi connectivity index (χ2n) is 8.76. The van der Waals surface area contributed by atoms with Crippen molar-refractivity contribution in [3.63, 3.8) is 0 Å². The molecule has 0 unspecified atom stereocenters. The number of rotatable bonds is 4. The zero-order chi connectivity index (χ0) is 21.2. The second-order valence-corrected chi connectivity index (χ2v) is 8.76. The highest BCUT2D eigenvalue weighted by molar-refractivity contribution is 14.0. The molecule has 0 atom stereocenters. The molecular weight excluding hydrogens is 500 g/mol. The Kier molecular flexibility index (Phi) is 8.18. The van der Waals surface area contributed by atoms with E-state index in [0.29, 0.717) is 50.4 Å². The highest BCUT2D eigenvalue weighted by Gasteiger charge is 2.28. The van der Waals surface area contributed by atoms with E-state index in [9.17, 15) is 9.18 Å². The minimum atomic E-state index is -0.518. The molecule has 2 fully saturated rings. The number of carbonyl (C=O) groups is 1. The Balaban J connectivity index is 0.00000320. The number of anilines is 1. The molecule has 1 saturated heterocycles. The van der Waals surface area contributed by atoms with Gasteiger partial charge in [-0.05, 0) is 51.3 Å². The van der Waals surface area contributed by atoms with E-state index >= 15 is 0 Å². The Morgan fingerprint density at radius 1 is 1.27 bits per heavy atom. The number of ether oxygens (including phenoxy) is 1. The summed E-state index contributed by atoms with van der Waals surface area (Å²) < 4.78 is 20.1. The summed E-state index contributed by atoms with van der Waals surface area (Å²) in [6.45, 7) is 8.03. The van der Waals surface area contributed by atoms with Crippen molar-refractivity contribution in [2.45, 2.75) is 51.8 Å². The molecule has 1 heterocycles. The fourth-order valence-electron chi connectivity index (χ4n) is 3.29. The summed E-state index contributed by atoms with van der Waals surface area (Å²) in [5.74, 6) is 0.216. The van der Waals surface area contributed by atoms with Crippen LogP contribution in [0, 0.1) is 5.82 Å². The predicted molar refractivity (Wildman–Crippen MR) is 128 cm³/mol. The van der Waals surface area contributed by atoms with Gasteiger partial charge in [0, 0.05) is 39.3 Å². The summed E-state index contributed by atoms with van der Waals surface area (Å²) in [7, 11) is 1.94. The molecule has 0 spiro atoms. The van der Waals surface area contributed by atoms with Crippen LogP contribution in [0.5, 0.6) is 0 Å². The van der Waals surface area contributed by atoms with E-state index < -0.39 is 5.60 Å². The van der Waals surface area contributed by atoms with E-state index in [1.54, 1.807) is 11.0 Å². The Morgan fingerprint density at radius 2 is 1.90 bits per heavy atom. The third-order valence-electron chi connectivity index (χ3n) is 5.16. The zero-order valence-electron chi connectivity index (χ0n) is 18.2. The first-order chi connectivity index (χ1) is 13.6. The smallest absolute Gasteiger partial charge is 0.410 e. The highest BCUT2D eigenvalue weighted by atomic mass is 127. The fourth-order valence-corrected chi connectivity index (χ4v) is 3.29. The number of halogens is 2. The zero-order valence-corrected chi connectivity index (χ0v) is 20.6. The van der Waals surface area contributed by atoms with Crippen molar-refractivity contribution < 1.29 is 13.9 Å². The molecule has 9 heteroatoms. The van der Waals surface area contributed by atoms with Crippen molar-refractivity contribution in [1.29, 1.82) is 0 Å². The average Bonchev–Trinajstić information content (AvgIpc) is 3.49. The van der Waals surface area contributed by atoms with Gasteiger partial charge < -0.3 is 25.2 Å². The van der Waals surface area contributed by atoms with Crippen LogP contribution in [-0.4, -0.2) is 66.7 Å². The number of nitrogens with zero attached hydrogens (tertiary/aromatic N) is 4. The first-order valence-electron chi connectivity index (χ1n) is 10.2. The lowest BCUT2D eigenvalue weighted by Gasteiger charge is -2.36. The maximum absolute atomic E-state index is 14.7. The van der Waals surface area contributed by atoms with Crippen LogP contribution in [0.1, 0.15) is 39.2 Å². The topological polar surface area (TPSA) is 74.4 Å². The number of nitrogens with two attached hydrogens (primary N) is 1. The van der Waals surface area contributed by atoms with Crippen molar-refractivity contribution in [2.24, 2.45) is 10.7 Å². The third kappa shape index (κ3) is 6.61. The molecule has 0 aromatic heterocycles. The summed E-state index contributed by atoms with van der Waals surface area (Å²) in [4.78, 5) is 22.2. The Bertz CT molecular complexity index is 771. The molecule has 7 nitrogen and oxygen atoms in total. The van der Waals surface area contributed by atoms with E-state index in [4.69, 9.17) is 10.5 Å². The lowest BCUT2D eigenvalue weighted by molar-refractivity contribution is 0.0240. The highest BCUT2D eigenvalue weighted by Crippen LogP contribution is 2.25. The SMILES string of the molecule is CN(C(N)=NCc1ccc(N2CCN(C(=O)OC(C)(C)C)CC2)c(F)c1)C1CC1.I. The Morgan fingerprint density at radius 3 is 2.43 bits per heavy atom. The second kappa shape index (κ2) is 10.0. The largest absolute Gasteiger partial charge is 0.444 e. The Labute approximate surface area is 195 Å². The third-order valence-corrected chi connectivity index (χ3v) is 5.16. The summed E-state index contributed by atoms with van der Waals surface area (Å²) >= 11 is 0. The van der Waals surface area contributed by atoms with Gasteiger partial charge in [0.05, 0.1) is 12.2 Å². The van der Waals surface area contributed by atoms with Gasteiger partial charge in [0.2, 0.25) is 0 Å². The summed E-state index contributed by atoms with van der Waals surface area (Å²) in [6, 6.07) is 5.68. The van der Waals surface area contributed by atoms with Gasteiger partial charge >= 0.3 is 6.09 Å². The van der Waals surface area contributed by atoms with Gasteiger partial charge in [-0.25, -0.2) is 14.2 Å². The number of guanidine groups is 1. The van der Waals surface area contributed by atoms with Crippen molar-refractivity contribution in [1.82, 2.24) is 9.80 Å². The van der Waals surface area contributed by atoms with Crippen LogP contribution in [0.2, 0.25) is 0 Å². The molecule has 1 amide bonds. The average molecular weight is 533 g/mol. The summed E-state index contributed by atoms with van der Waals surface area (Å²) in [5.41, 5.74) is 6.81. The van der Waals surface area contributed by atoms with Crippen molar-refractivity contribution in [2.75, 3.05) is 38.1 Å². The molecule has 1 aliphatic heterocycles. The van der Waals surface area contributed by atoms with E-state index in [0.717, 1.165) is 18.4 Å². The van der Waals surface area contributed by atoms with Gasteiger partial charge in [0.15, 0.2) is 5.96 Å². The quantitative estimate of drug-likeness (QED) is 0.365. The molecule has 1 saturated carbocycles. The van der Waals surface area contributed by atoms with Crippen molar-refractivity contribution in [3.8, 4) is 0 Å². The minimum Gasteiger partial charge on any atom is -0.444 e. The monoisotopic (exact) mass is 533 g/mol. The molecule has 2 N–H and O–H groups in total. The summed E-state index contributed by atoms with van der Waals surface area (Å²) in [5, 5.41) is 0. The number of carbonyl (C=O) groups excluding carboxylic acids is 1. The molecule has 1 aromatic carbocycles. The van der Waals surface area contributed by atoms with Crippen LogP contribution in [0.15, 0.2) is 23.2 Å². The van der Waals surface area contributed by atoms with Gasteiger partial charge in [0.25, 0.3) is 0 Å². The molecule has 1 aliphatic carbocycles. The van der Waals surface area contributed by atoms with Crippen molar-refractivity contribution in [3.05, 3.63) is 29.6 Å². The number of amides is 1. The van der Waals surface area contributed by atoms with E-state index in [-0.39, 0.29) is 35.9 Å². The molecule has 1 aromatic rings. The van der Waals surface area contributed by atoms with Gasteiger partial charge in [-0.3, -0.25) is 0 Å². The first-order valence-corrected chi connectivity index (χ1v) is 10.2. The van der Waals surface area contributed by atoms with E-state index in [2.05, 4.69) is 4.99 Å². The molecule has 0 bridgehead atoms. The standard InChI is InChI=1S/C21H32FN5O2.HI/c1-21(2,3)29-20(28)27-11-9-26(10-12-27)18-8-5-15(13-17(18)22)14-24-19(23)25(4)16-6-7-16;/h5,8,13,16H,6-7,9-12,14H2,1-4H3,(H2,23,24);1H. The van der Waals surface area contributed by atoms with E-state index in [1.165, 1.54) is 6.07 Å². The van der Waals surface area contributed by atoms with Gasteiger partial charge in [0.1, 0.15) is 11.4 Å². The number of piperazine rings is 1. The fraction of sp³-hybridized carbons (Fsp3) is 0.619. The normalized spacial score (nSPS) is 17.4. The van der Waals surface area contributed by atoms with Crippen LogP contribution >= 0.6 is 24.0 Å². The number of hydrogen-bond donors (Lipinski definition) is 1. The molecule has 30 heavy (non-hydrogen) atoms. The summed E-state index contributed by atoms with van der Waals surface area (Å²) in [6.07, 6.45) is 1.98.